The molecule has 8 nitrogen and oxygen atoms in total. The van der Waals surface area contributed by atoms with Crippen molar-refractivity contribution in [3.63, 3.8) is 0 Å². The van der Waals surface area contributed by atoms with E-state index >= 15 is 0 Å². The van der Waals surface area contributed by atoms with E-state index in [1.807, 2.05) is 27.8 Å². The van der Waals surface area contributed by atoms with E-state index in [1.54, 1.807) is 49.8 Å². The van der Waals surface area contributed by atoms with Crippen LogP contribution in [0.2, 0.25) is 5.02 Å². The van der Waals surface area contributed by atoms with Crippen LogP contribution in [0.15, 0.2) is 61.1 Å². The fraction of sp³-hybridized carbons (Fsp3) is 0.222. The molecule has 180 valence electrons. The lowest BCUT2D eigenvalue weighted by Gasteiger charge is -2.22. The molecule has 1 atom stereocenters. The minimum absolute atomic E-state index is 0.0174. The number of carbonyl (C=O) groups is 2. The van der Waals surface area contributed by atoms with Crippen molar-refractivity contribution in [2.75, 3.05) is 11.9 Å². The second kappa shape index (κ2) is 10.2. The molecule has 0 radical (unpaired) electrons. The molecule has 0 unspecified atom stereocenters. The molecule has 1 aromatic carbocycles. The maximum absolute atomic E-state index is 12.6. The first kappa shape index (κ1) is 23.5. The van der Waals surface area contributed by atoms with Gasteiger partial charge in [-0.1, -0.05) is 35.7 Å². The minimum Gasteiger partial charge on any atom is -0.327 e. The van der Waals surface area contributed by atoms with Gasteiger partial charge in [0.2, 0.25) is 0 Å². The first-order chi connectivity index (χ1) is 17.5. The lowest BCUT2D eigenvalue weighted by Crippen LogP contribution is -2.37. The highest BCUT2D eigenvalue weighted by Gasteiger charge is 2.29. The standard InChI is InChI=1S/C27H23ClN6O2/c1-2-6-24(35)33-14-5-7-20(33)17-34-26-21(15-29-16-22(26)28)25(32-34)18-9-11-19(12-10-18)27(36)31-23-8-3-4-13-30-23/h3-4,8-13,15-16,20H,5,7,14,17H2,1H3,(H,30,31,36)/t20-/m1/s1. The summed E-state index contributed by atoms with van der Waals surface area (Å²) in [4.78, 5) is 35.3. The Kier molecular flexibility index (Phi) is 6.65. The predicted molar refractivity (Wildman–Crippen MR) is 138 cm³/mol. The fourth-order valence-corrected chi connectivity index (χ4v) is 4.77. The van der Waals surface area contributed by atoms with E-state index < -0.39 is 0 Å². The average Bonchev–Trinajstić information content (AvgIpc) is 3.51. The van der Waals surface area contributed by atoms with Crippen molar-refractivity contribution in [1.29, 1.82) is 0 Å². The number of anilines is 1. The van der Waals surface area contributed by atoms with Gasteiger partial charge in [0.15, 0.2) is 0 Å². The van der Waals surface area contributed by atoms with Gasteiger partial charge in [0, 0.05) is 41.6 Å². The van der Waals surface area contributed by atoms with Gasteiger partial charge in [0.25, 0.3) is 11.8 Å². The predicted octanol–water partition coefficient (Wildman–Crippen LogP) is 4.41. The molecular weight excluding hydrogens is 476 g/mol. The SMILES string of the molecule is CC#CC(=O)N1CCC[C@@H]1Cn1nc(-c2ccc(C(=O)Nc3ccccn3)cc2)c2cncc(Cl)c21. The zero-order valence-corrected chi connectivity index (χ0v) is 20.4. The summed E-state index contributed by atoms with van der Waals surface area (Å²) >= 11 is 6.56. The van der Waals surface area contributed by atoms with Crippen LogP contribution in [0, 0.1) is 11.8 Å². The van der Waals surface area contributed by atoms with Crippen LogP contribution in [-0.2, 0) is 11.3 Å². The Morgan fingerprint density at radius 1 is 1.17 bits per heavy atom. The molecule has 3 aromatic heterocycles. The number of rotatable bonds is 5. The Morgan fingerprint density at radius 3 is 2.75 bits per heavy atom. The third-order valence-corrected chi connectivity index (χ3v) is 6.46. The Hall–Kier alpha value is -4.22. The Bertz CT molecular complexity index is 1490. The molecule has 4 heterocycles. The van der Waals surface area contributed by atoms with Gasteiger partial charge < -0.3 is 10.2 Å². The molecule has 0 bridgehead atoms. The van der Waals surface area contributed by atoms with Crippen molar-refractivity contribution in [2.24, 2.45) is 0 Å². The highest BCUT2D eigenvalue weighted by molar-refractivity contribution is 6.35. The van der Waals surface area contributed by atoms with Gasteiger partial charge >= 0.3 is 0 Å². The quantitative estimate of drug-likeness (QED) is 0.411. The Balaban J connectivity index is 1.44. The van der Waals surface area contributed by atoms with Crippen LogP contribution in [0.5, 0.6) is 0 Å². The summed E-state index contributed by atoms with van der Waals surface area (Å²) < 4.78 is 1.85. The number of carbonyl (C=O) groups excluding carboxylic acids is 2. The van der Waals surface area contributed by atoms with E-state index in [0.29, 0.717) is 35.2 Å². The maximum Gasteiger partial charge on any atom is 0.298 e. The number of hydrogen-bond donors (Lipinski definition) is 1. The first-order valence-corrected chi connectivity index (χ1v) is 12.0. The molecular formula is C27H23ClN6O2. The first-order valence-electron chi connectivity index (χ1n) is 11.6. The van der Waals surface area contributed by atoms with E-state index in [9.17, 15) is 9.59 Å². The van der Waals surface area contributed by atoms with Gasteiger partial charge in [-0.25, -0.2) is 4.98 Å². The minimum atomic E-state index is -0.249. The summed E-state index contributed by atoms with van der Waals surface area (Å²) in [5.41, 5.74) is 2.80. The lowest BCUT2D eigenvalue weighted by atomic mass is 10.1. The average molecular weight is 499 g/mol. The summed E-state index contributed by atoms with van der Waals surface area (Å²) in [6.07, 6.45) is 6.75. The van der Waals surface area contributed by atoms with Gasteiger partial charge in [-0.3, -0.25) is 19.3 Å². The third kappa shape index (κ3) is 4.66. The number of nitrogens with one attached hydrogen (secondary N) is 1. The van der Waals surface area contributed by atoms with Crippen molar-refractivity contribution >= 4 is 40.1 Å². The monoisotopic (exact) mass is 498 g/mol. The summed E-state index contributed by atoms with van der Waals surface area (Å²) in [7, 11) is 0. The van der Waals surface area contributed by atoms with Crippen LogP contribution in [0.1, 0.15) is 30.1 Å². The van der Waals surface area contributed by atoms with Crippen LogP contribution in [0.3, 0.4) is 0 Å². The van der Waals surface area contributed by atoms with E-state index in [2.05, 4.69) is 27.1 Å². The maximum atomic E-state index is 12.6. The van der Waals surface area contributed by atoms with Crippen molar-refractivity contribution in [1.82, 2.24) is 24.6 Å². The van der Waals surface area contributed by atoms with Crippen LogP contribution >= 0.6 is 11.6 Å². The van der Waals surface area contributed by atoms with Crippen LogP contribution in [0.4, 0.5) is 5.82 Å². The van der Waals surface area contributed by atoms with Crippen molar-refractivity contribution < 1.29 is 9.59 Å². The largest absolute Gasteiger partial charge is 0.327 e. The molecule has 4 aromatic rings. The smallest absolute Gasteiger partial charge is 0.298 e. The van der Waals surface area contributed by atoms with Gasteiger partial charge in [-0.2, -0.15) is 5.10 Å². The third-order valence-electron chi connectivity index (χ3n) is 6.19. The van der Waals surface area contributed by atoms with E-state index in [4.69, 9.17) is 16.7 Å². The summed E-state index contributed by atoms with van der Waals surface area (Å²) in [6, 6.07) is 12.5. The topological polar surface area (TPSA) is 93.0 Å². The number of hydrogen-bond acceptors (Lipinski definition) is 5. The number of amides is 2. The molecule has 0 spiro atoms. The Morgan fingerprint density at radius 2 is 2.00 bits per heavy atom. The summed E-state index contributed by atoms with van der Waals surface area (Å²) in [5.74, 6) is 5.42. The number of fused-ring (bicyclic) bond motifs is 1. The van der Waals surface area contributed by atoms with Crippen molar-refractivity contribution in [3.8, 4) is 23.1 Å². The van der Waals surface area contributed by atoms with Crippen LogP contribution in [-0.4, -0.2) is 49.0 Å². The molecule has 5 rings (SSSR count). The Labute approximate surface area is 213 Å². The van der Waals surface area contributed by atoms with Gasteiger partial charge in [-0.05, 0) is 50.0 Å². The zero-order chi connectivity index (χ0) is 25.1. The van der Waals surface area contributed by atoms with Crippen LogP contribution < -0.4 is 5.32 Å². The number of pyridine rings is 2. The molecule has 1 aliphatic rings. The molecule has 0 saturated carbocycles. The molecule has 9 heteroatoms. The summed E-state index contributed by atoms with van der Waals surface area (Å²) in [5, 5.41) is 8.95. The van der Waals surface area contributed by atoms with E-state index in [0.717, 1.165) is 29.3 Å². The normalized spacial score (nSPS) is 14.9. The molecule has 1 N–H and O–H groups in total. The molecule has 1 saturated heterocycles. The number of aromatic nitrogens is 4. The second-order valence-corrected chi connectivity index (χ2v) is 8.87. The lowest BCUT2D eigenvalue weighted by molar-refractivity contribution is -0.126. The highest BCUT2D eigenvalue weighted by Crippen LogP contribution is 2.32. The molecule has 1 fully saturated rings. The van der Waals surface area contributed by atoms with Gasteiger partial charge in [0.05, 0.1) is 23.1 Å². The van der Waals surface area contributed by atoms with Crippen molar-refractivity contribution in [3.05, 3.63) is 71.6 Å². The highest BCUT2D eigenvalue weighted by atomic mass is 35.5. The van der Waals surface area contributed by atoms with Gasteiger partial charge in [0.1, 0.15) is 11.5 Å². The van der Waals surface area contributed by atoms with Crippen molar-refractivity contribution in [2.45, 2.75) is 32.4 Å². The second-order valence-electron chi connectivity index (χ2n) is 8.46. The number of benzene rings is 1. The molecule has 2 amide bonds. The molecule has 1 aliphatic heterocycles. The fourth-order valence-electron chi connectivity index (χ4n) is 4.51. The summed E-state index contributed by atoms with van der Waals surface area (Å²) in [6.45, 7) is 2.85. The van der Waals surface area contributed by atoms with Crippen LogP contribution in [0.25, 0.3) is 22.2 Å². The number of likely N-dealkylation sites (tertiary alicyclic amines) is 1. The zero-order valence-electron chi connectivity index (χ0n) is 19.6. The van der Waals surface area contributed by atoms with E-state index in [-0.39, 0.29) is 17.9 Å². The van der Waals surface area contributed by atoms with Gasteiger partial charge in [-0.15, -0.1) is 0 Å². The number of nitrogens with zero attached hydrogens (tertiary/aromatic N) is 5. The number of halogens is 1. The molecule has 0 aliphatic carbocycles. The van der Waals surface area contributed by atoms with E-state index in [1.165, 1.54) is 0 Å². The molecule has 36 heavy (non-hydrogen) atoms.